The third-order valence-corrected chi connectivity index (χ3v) is 3.01. The summed E-state index contributed by atoms with van der Waals surface area (Å²) in [6.45, 7) is 0.973. The van der Waals surface area contributed by atoms with Gasteiger partial charge in [-0.2, -0.15) is 0 Å². The van der Waals surface area contributed by atoms with E-state index in [0.29, 0.717) is 11.3 Å². The van der Waals surface area contributed by atoms with Crippen molar-refractivity contribution in [1.82, 2.24) is 9.97 Å². The first-order valence-corrected chi connectivity index (χ1v) is 6.55. The van der Waals surface area contributed by atoms with Gasteiger partial charge in [0.2, 0.25) is 0 Å². The maximum Gasteiger partial charge on any atom is 0.335 e. The van der Waals surface area contributed by atoms with Gasteiger partial charge in [-0.05, 0) is 37.5 Å². The van der Waals surface area contributed by atoms with Crippen molar-refractivity contribution in [1.29, 1.82) is 0 Å². The van der Waals surface area contributed by atoms with Crippen molar-refractivity contribution in [2.45, 2.75) is 19.3 Å². The highest BCUT2D eigenvalue weighted by molar-refractivity contribution is 5.96. The molecule has 106 valence electrons. The molecule has 6 heteroatoms. The number of aliphatic hydroxyl groups excluding tert-OH is 1. The minimum absolute atomic E-state index is 0.213. The van der Waals surface area contributed by atoms with E-state index < -0.39 is 5.97 Å². The van der Waals surface area contributed by atoms with Crippen LogP contribution in [0.5, 0.6) is 0 Å². The molecule has 20 heavy (non-hydrogen) atoms. The predicted octanol–water partition coefficient (Wildman–Crippen LogP) is 1.90. The standard InChI is InChI=1S/C14H17N3O3/c18-7-3-1-2-6-15-13-11-5-4-10(14(19)20)8-12(11)16-9-17-13/h4-5,8-9,18H,1-3,6-7H2,(H,19,20)(H,15,16,17). The Hall–Kier alpha value is -2.21. The summed E-state index contributed by atoms with van der Waals surface area (Å²) in [6, 6.07) is 4.80. The van der Waals surface area contributed by atoms with Crippen LogP contribution in [-0.2, 0) is 0 Å². The lowest BCUT2D eigenvalue weighted by Crippen LogP contribution is -2.05. The van der Waals surface area contributed by atoms with Crippen LogP contribution in [0.1, 0.15) is 29.6 Å². The Morgan fingerprint density at radius 1 is 1.20 bits per heavy atom. The number of fused-ring (bicyclic) bond motifs is 1. The first-order valence-electron chi connectivity index (χ1n) is 6.55. The van der Waals surface area contributed by atoms with Crippen LogP contribution in [0.2, 0.25) is 0 Å². The number of unbranched alkanes of at least 4 members (excludes halogenated alkanes) is 2. The molecule has 0 atom stereocenters. The van der Waals surface area contributed by atoms with Gasteiger partial charge < -0.3 is 15.5 Å². The van der Waals surface area contributed by atoms with E-state index in [1.165, 1.54) is 12.4 Å². The van der Waals surface area contributed by atoms with E-state index in [1.54, 1.807) is 12.1 Å². The van der Waals surface area contributed by atoms with E-state index in [4.69, 9.17) is 10.2 Å². The Bertz CT molecular complexity index is 601. The molecule has 1 aromatic heterocycles. The molecule has 2 rings (SSSR count). The van der Waals surface area contributed by atoms with Crippen LogP contribution in [0.25, 0.3) is 10.9 Å². The minimum Gasteiger partial charge on any atom is -0.478 e. The first kappa shape index (κ1) is 14.2. The van der Waals surface area contributed by atoms with Crippen molar-refractivity contribution < 1.29 is 15.0 Å². The van der Waals surface area contributed by atoms with Crippen LogP contribution < -0.4 is 5.32 Å². The van der Waals surface area contributed by atoms with Gasteiger partial charge in [0.15, 0.2) is 0 Å². The van der Waals surface area contributed by atoms with Gasteiger partial charge in [-0.3, -0.25) is 0 Å². The number of rotatable bonds is 7. The van der Waals surface area contributed by atoms with E-state index in [2.05, 4.69) is 15.3 Å². The zero-order valence-corrected chi connectivity index (χ0v) is 11.0. The van der Waals surface area contributed by atoms with Gasteiger partial charge in [0, 0.05) is 18.5 Å². The second-order valence-electron chi connectivity index (χ2n) is 4.47. The normalized spacial score (nSPS) is 10.7. The molecule has 0 saturated heterocycles. The van der Waals surface area contributed by atoms with Crippen molar-refractivity contribution in [2.75, 3.05) is 18.5 Å². The van der Waals surface area contributed by atoms with Crippen LogP contribution in [0, 0.1) is 0 Å². The molecule has 0 spiro atoms. The smallest absolute Gasteiger partial charge is 0.335 e. The molecule has 0 unspecified atom stereocenters. The number of aromatic carboxylic acids is 1. The number of anilines is 1. The van der Waals surface area contributed by atoms with Crippen LogP contribution in [0.4, 0.5) is 5.82 Å². The highest BCUT2D eigenvalue weighted by atomic mass is 16.4. The average molecular weight is 275 g/mol. The third-order valence-electron chi connectivity index (χ3n) is 3.01. The van der Waals surface area contributed by atoms with Gasteiger partial charge in [0.25, 0.3) is 0 Å². The fourth-order valence-corrected chi connectivity index (χ4v) is 1.95. The zero-order valence-electron chi connectivity index (χ0n) is 11.0. The summed E-state index contributed by atoms with van der Waals surface area (Å²) in [5.74, 6) is -0.264. The summed E-state index contributed by atoms with van der Waals surface area (Å²) in [5, 5.41) is 21.7. The summed E-state index contributed by atoms with van der Waals surface area (Å²) >= 11 is 0. The highest BCUT2D eigenvalue weighted by Gasteiger charge is 2.07. The molecule has 2 aromatic rings. The molecule has 3 N–H and O–H groups in total. The van der Waals surface area contributed by atoms with Crippen LogP contribution in [0.15, 0.2) is 24.5 Å². The number of aliphatic hydroxyl groups is 1. The Morgan fingerprint density at radius 2 is 2.05 bits per heavy atom. The summed E-state index contributed by atoms with van der Waals surface area (Å²) in [7, 11) is 0. The maximum atomic E-state index is 10.9. The SMILES string of the molecule is O=C(O)c1ccc2c(NCCCCCO)ncnc2c1. The lowest BCUT2D eigenvalue weighted by molar-refractivity contribution is 0.0697. The van der Waals surface area contributed by atoms with Gasteiger partial charge in [-0.15, -0.1) is 0 Å². The Morgan fingerprint density at radius 3 is 2.80 bits per heavy atom. The summed E-state index contributed by atoms with van der Waals surface area (Å²) in [5.41, 5.74) is 0.822. The number of hydrogen-bond donors (Lipinski definition) is 3. The Labute approximate surface area is 116 Å². The molecule has 0 aliphatic rings. The van der Waals surface area contributed by atoms with Crippen molar-refractivity contribution >= 4 is 22.7 Å². The molecule has 1 heterocycles. The molecule has 0 radical (unpaired) electrons. The second kappa shape index (κ2) is 6.81. The molecule has 0 bridgehead atoms. The quantitative estimate of drug-likeness (QED) is 0.668. The molecular formula is C14H17N3O3. The lowest BCUT2D eigenvalue weighted by atomic mass is 10.1. The number of carboxylic acid groups (broad SMARTS) is 1. The van der Waals surface area contributed by atoms with E-state index in [1.807, 2.05) is 0 Å². The van der Waals surface area contributed by atoms with E-state index in [0.717, 1.165) is 31.2 Å². The largest absolute Gasteiger partial charge is 0.478 e. The monoisotopic (exact) mass is 275 g/mol. The fourth-order valence-electron chi connectivity index (χ4n) is 1.95. The number of carbonyl (C=O) groups is 1. The topological polar surface area (TPSA) is 95.3 Å². The minimum atomic E-state index is -0.968. The summed E-state index contributed by atoms with van der Waals surface area (Å²) in [6.07, 6.45) is 4.12. The second-order valence-corrected chi connectivity index (χ2v) is 4.47. The van der Waals surface area contributed by atoms with Crippen molar-refractivity contribution in [3.8, 4) is 0 Å². The van der Waals surface area contributed by atoms with Gasteiger partial charge in [0.1, 0.15) is 12.1 Å². The summed E-state index contributed by atoms with van der Waals surface area (Å²) in [4.78, 5) is 19.2. The van der Waals surface area contributed by atoms with E-state index in [9.17, 15) is 4.79 Å². The first-order chi connectivity index (χ1) is 9.72. The fraction of sp³-hybridized carbons (Fsp3) is 0.357. The third kappa shape index (κ3) is 3.42. The molecule has 0 aliphatic carbocycles. The number of nitrogens with zero attached hydrogens (tertiary/aromatic N) is 2. The maximum absolute atomic E-state index is 10.9. The number of aromatic nitrogens is 2. The van der Waals surface area contributed by atoms with Crippen molar-refractivity contribution in [3.05, 3.63) is 30.1 Å². The predicted molar refractivity (Wildman–Crippen MR) is 75.9 cm³/mol. The molecule has 0 saturated carbocycles. The number of nitrogens with one attached hydrogen (secondary N) is 1. The molecule has 6 nitrogen and oxygen atoms in total. The molecule has 1 aromatic carbocycles. The molecule has 0 amide bonds. The Balaban J connectivity index is 2.11. The molecule has 0 aliphatic heterocycles. The number of carboxylic acids is 1. The lowest BCUT2D eigenvalue weighted by Gasteiger charge is -2.08. The van der Waals surface area contributed by atoms with Crippen LogP contribution >= 0.6 is 0 Å². The van der Waals surface area contributed by atoms with Gasteiger partial charge in [-0.25, -0.2) is 14.8 Å². The average Bonchev–Trinajstić information content (AvgIpc) is 2.46. The van der Waals surface area contributed by atoms with Crippen LogP contribution in [-0.4, -0.2) is 39.3 Å². The van der Waals surface area contributed by atoms with E-state index >= 15 is 0 Å². The Kier molecular flexibility index (Phi) is 4.84. The van der Waals surface area contributed by atoms with E-state index in [-0.39, 0.29) is 12.2 Å². The zero-order chi connectivity index (χ0) is 14.4. The molecule has 0 fully saturated rings. The van der Waals surface area contributed by atoms with Crippen molar-refractivity contribution in [2.24, 2.45) is 0 Å². The molecular weight excluding hydrogens is 258 g/mol. The van der Waals surface area contributed by atoms with Gasteiger partial charge >= 0.3 is 5.97 Å². The number of hydrogen-bond acceptors (Lipinski definition) is 5. The summed E-state index contributed by atoms with van der Waals surface area (Å²) < 4.78 is 0. The van der Waals surface area contributed by atoms with Crippen molar-refractivity contribution in [3.63, 3.8) is 0 Å². The number of benzene rings is 1. The van der Waals surface area contributed by atoms with Crippen LogP contribution in [0.3, 0.4) is 0 Å². The van der Waals surface area contributed by atoms with Gasteiger partial charge in [-0.1, -0.05) is 0 Å². The van der Waals surface area contributed by atoms with Gasteiger partial charge in [0.05, 0.1) is 11.1 Å². The highest BCUT2D eigenvalue weighted by Crippen LogP contribution is 2.20.